The van der Waals surface area contributed by atoms with Gasteiger partial charge in [-0.1, -0.05) is 0 Å². The Labute approximate surface area is 94.1 Å². The zero-order chi connectivity index (χ0) is 11.3. The average Bonchev–Trinajstić information content (AvgIpc) is 2.14. The number of aliphatic hydroxyl groups excluding tert-OH is 1. The topological polar surface area (TPSA) is 26.7 Å². The summed E-state index contributed by atoms with van der Waals surface area (Å²) in [5.41, 5.74) is 0. The van der Waals surface area contributed by atoms with Crippen molar-refractivity contribution in [2.75, 3.05) is 33.2 Å². The molecule has 1 fully saturated rings. The van der Waals surface area contributed by atoms with Crippen molar-refractivity contribution in [2.45, 2.75) is 45.3 Å². The SMILES string of the molecule is CC(O)CCCCN1CCN(C)CC1C. The van der Waals surface area contributed by atoms with E-state index in [4.69, 9.17) is 5.11 Å². The summed E-state index contributed by atoms with van der Waals surface area (Å²) in [7, 11) is 2.20. The number of likely N-dealkylation sites (N-methyl/N-ethyl adjacent to an activating group) is 1. The molecule has 90 valence electrons. The van der Waals surface area contributed by atoms with Gasteiger partial charge in [-0.25, -0.2) is 0 Å². The lowest BCUT2D eigenvalue weighted by Crippen LogP contribution is -2.50. The third kappa shape index (κ3) is 4.96. The molecule has 0 radical (unpaired) electrons. The maximum Gasteiger partial charge on any atom is 0.0512 e. The number of hydrogen-bond acceptors (Lipinski definition) is 3. The minimum Gasteiger partial charge on any atom is -0.393 e. The molecule has 3 heteroatoms. The molecule has 0 saturated carbocycles. The molecule has 1 heterocycles. The van der Waals surface area contributed by atoms with E-state index in [0.29, 0.717) is 6.04 Å². The molecule has 1 N–H and O–H groups in total. The quantitative estimate of drug-likeness (QED) is 0.696. The fraction of sp³-hybridized carbons (Fsp3) is 1.00. The Hall–Kier alpha value is -0.120. The minimum absolute atomic E-state index is 0.130. The predicted molar refractivity (Wildman–Crippen MR) is 64.1 cm³/mol. The molecule has 1 aliphatic rings. The summed E-state index contributed by atoms with van der Waals surface area (Å²) < 4.78 is 0. The normalized spacial score (nSPS) is 26.8. The van der Waals surface area contributed by atoms with E-state index in [1.165, 1.54) is 32.6 Å². The van der Waals surface area contributed by atoms with E-state index < -0.39 is 0 Å². The second-order valence-corrected chi connectivity index (χ2v) is 4.99. The van der Waals surface area contributed by atoms with Gasteiger partial charge in [-0.2, -0.15) is 0 Å². The molecule has 1 aliphatic heterocycles. The Kier molecular flexibility index (Phi) is 5.58. The van der Waals surface area contributed by atoms with Crippen LogP contribution in [-0.4, -0.2) is 60.3 Å². The summed E-state index contributed by atoms with van der Waals surface area (Å²) in [4.78, 5) is 4.97. The molecule has 0 spiro atoms. The van der Waals surface area contributed by atoms with Crippen LogP contribution in [0.4, 0.5) is 0 Å². The lowest BCUT2D eigenvalue weighted by molar-refractivity contribution is 0.0966. The Morgan fingerprint density at radius 3 is 2.67 bits per heavy atom. The minimum atomic E-state index is -0.130. The van der Waals surface area contributed by atoms with Crippen molar-refractivity contribution < 1.29 is 5.11 Å². The molecule has 0 aromatic rings. The molecule has 3 nitrogen and oxygen atoms in total. The van der Waals surface area contributed by atoms with Gasteiger partial charge in [-0.15, -0.1) is 0 Å². The second-order valence-electron chi connectivity index (χ2n) is 4.99. The highest BCUT2D eigenvalue weighted by Crippen LogP contribution is 2.10. The van der Waals surface area contributed by atoms with Crippen LogP contribution in [0.2, 0.25) is 0 Å². The van der Waals surface area contributed by atoms with Gasteiger partial charge in [0, 0.05) is 25.7 Å². The molecule has 2 unspecified atom stereocenters. The van der Waals surface area contributed by atoms with Crippen molar-refractivity contribution in [3.05, 3.63) is 0 Å². The van der Waals surface area contributed by atoms with E-state index in [2.05, 4.69) is 23.8 Å². The van der Waals surface area contributed by atoms with Gasteiger partial charge in [0.1, 0.15) is 0 Å². The van der Waals surface area contributed by atoms with Crippen LogP contribution in [0.15, 0.2) is 0 Å². The number of nitrogens with zero attached hydrogens (tertiary/aromatic N) is 2. The Morgan fingerprint density at radius 2 is 2.07 bits per heavy atom. The fourth-order valence-corrected chi connectivity index (χ4v) is 2.26. The van der Waals surface area contributed by atoms with Crippen LogP contribution in [0.1, 0.15) is 33.1 Å². The van der Waals surface area contributed by atoms with E-state index in [-0.39, 0.29) is 6.10 Å². The first-order valence-electron chi connectivity index (χ1n) is 6.20. The molecular weight excluding hydrogens is 188 g/mol. The van der Waals surface area contributed by atoms with Crippen LogP contribution < -0.4 is 0 Å². The van der Waals surface area contributed by atoms with Gasteiger partial charge in [0.2, 0.25) is 0 Å². The van der Waals surface area contributed by atoms with Gasteiger partial charge in [-0.05, 0) is 46.7 Å². The van der Waals surface area contributed by atoms with Gasteiger partial charge in [-0.3, -0.25) is 4.90 Å². The molecule has 1 rings (SSSR count). The zero-order valence-corrected chi connectivity index (χ0v) is 10.4. The maximum atomic E-state index is 9.16. The lowest BCUT2D eigenvalue weighted by atomic mass is 10.1. The van der Waals surface area contributed by atoms with Crippen molar-refractivity contribution in [3.63, 3.8) is 0 Å². The Morgan fingerprint density at radius 1 is 1.33 bits per heavy atom. The van der Waals surface area contributed by atoms with E-state index >= 15 is 0 Å². The van der Waals surface area contributed by atoms with Crippen LogP contribution in [0.3, 0.4) is 0 Å². The third-order valence-electron chi connectivity index (χ3n) is 3.29. The van der Waals surface area contributed by atoms with Crippen molar-refractivity contribution in [3.8, 4) is 0 Å². The summed E-state index contributed by atoms with van der Waals surface area (Å²) >= 11 is 0. The first-order valence-corrected chi connectivity index (χ1v) is 6.20. The highest BCUT2D eigenvalue weighted by molar-refractivity contribution is 4.76. The zero-order valence-electron chi connectivity index (χ0n) is 10.4. The first-order chi connectivity index (χ1) is 7.09. The number of unbranched alkanes of at least 4 members (excludes halogenated alkanes) is 1. The molecule has 15 heavy (non-hydrogen) atoms. The Balaban J connectivity index is 2.10. The molecule has 0 aromatic heterocycles. The van der Waals surface area contributed by atoms with Crippen molar-refractivity contribution in [2.24, 2.45) is 0 Å². The monoisotopic (exact) mass is 214 g/mol. The van der Waals surface area contributed by atoms with Gasteiger partial charge >= 0.3 is 0 Å². The maximum absolute atomic E-state index is 9.16. The molecule has 0 bridgehead atoms. The predicted octanol–water partition coefficient (Wildman–Crippen LogP) is 1.17. The standard InChI is InChI=1S/C12H26N2O/c1-11-10-13(3)8-9-14(11)7-5-4-6-12(2)15/h11-12,15H,4-10H2,1-3H3. The molecule has 0 aliphatic carbocycles. The van der Waals surface area contributed by atoms with E-state index in [9.17, 15) is 0 Å². The van der Waals surface area contributed by atoms with Gasteiger partial charge < -0.3 is 10.0 Å². The van der Waals surface area contributed by atoms with Crippen molar-refractivity contribution in [1.29, 1.82) is 0 Å². The van der Waals surface area contributed by atoms with Gasteiger partial charge in [0.25, 0.3) is 0 Å². The van der Waals surface area contributed by atoms with Crippen molar-refractivity contribution >= 4 is 0 Å². The lowest BCUT2D eigenvalue weighted by Gasteiger charge is -2.38. The molecule has 2 atom stereocenters. The van der Waals surface area contributed by atoms with Gasteiger partial charge in [0.05, 0.1) is 6.10 Å². The van der Waals surface area contributed by atoms with Gasteiger partial charge in [0.15, 0.2) is 0 Å². The number of piperazine rings is 1. The second kappa shape index (κ2) is 6.46. The highest BCUT2D eigenvalue weighted by Gasteiger charge is 2.20. The Bertz CT molecular complexity index is 173. The van der Waals surface area contributed by atoms with Crippen LogP contribution >= 0.6 is 0 Å². The van der Waals surface area contributed by atoms with E-state index in [1.807, 2.05) is 6.92 Å². The summed E-state index contributed by atoms with van der Waals surface area (Å²) in [5, 5.41) is 9.16. The summed E-state index contributed by atoms with van der Waals surface area (Å²) in [6.45, 7) is 8.97. The van der Waals surface area contributed by atoms with Crippen LogP contribution in [-0.2, 0) is 0 Å². The smallest absolute Gasteiger partial charge is 0.0512 e. The molecule has 0 aromatic carbocycles. The largest absolute Gasteiger partial charge is 0.393 e. The first kappa shape index (κ1) is 12.9. The number of aliphatic hydroxyl groups is 1. The summed E-state index contributed by atoms with van der Waals surface area (Å²) in [6.07, 6.45) is 3.19. The fourth-order valence-electron chi connectivity index (χ4n) is 2.26. The van der Waals surface area contributed by atoms with Crippen LogP contribution in [0.25, 0.3) is 0 Å². The third-order valence-corrected chi connectivity index (χ3v) is 3.29. The average molecular weight is 214 g/mol. The molecule has 1 saturated heterocycles. The highest BCUT2D eigenvalue weighted by atomic mass is 16.3. The summed E-state index contributed by atoms with van der Waals surface area (Å²) in [5.74, 6) is 0. The summed E-state index contributed by atoms with van der Waals surface area (Å²) in [6, 6.07) is 0.690. The number of rotatable bonds is 5. The van der Waals surface area contributed by atoms with E-state index in [1.54, 1.807) is 0 Å². The van der Waals surface area contributed by atoms with E-state index in [0.717, 1.165) is 12.8 Å². The van der Waals surface area contributed by atoms with Crippen LogP contribution in [0, 0.1) is 0 Å². The van der Waals surface area contributed by atoms with Crippen molar-refractivity contribution in [1.82, 2.24) is 9.80 Å². The molecular formula is C12H26N2O. The number of hydrogen-bond donors (Lipinski definition) is 1. The van der Waals surface area contributed by atoms with Crippen LogP contribution in [0.5, 0.6) is 0 Å². The molecule has 0 amide bonds.